The Morgan fingerprint density at radius 1 is 1.42 bits per heavy atom. The lowest BCUT2D eigenvalue weighted by Gasteiger charge is -2.37. The van der Waals surface area contributed by atoms with Gasteiger partial charge in [0.15, 0.2) is 0 Å². The normalized spacial score (nSPS) is 24.2. The van der Waals surface area contributed by atoms with Gasteiger partial charge in [-0.3, -0.25) is 4.79 Å². The number of rotatable bonds is 3. The van der Waals surface area contributed by atoms with Crippen LogP contribution in [-0.2, 0) is 11.2 Å². The van der Waals surface area contributed by atoms with Crippen molar-refractivity contribution in [2.24, 2.45) is 0 Å². The Kier molecular flexibility index (Phi) is 3.29. The van der Waals surface area contributed by atoms with Crippen LogP contribution in [0.1, 0.15) is 36.4 Å². The van der Waals surface area contributed by atoms with Crippen molar-refractivity contribution in [1.82, 2.24) is 10.6 Å². The molecule has 1 unspecified atom stereocenters. The molecule has 0 spiro atoms. The highest BCUT2D eigenvalue weighted by molar-refractivity contribution is 5.84. The first-order valence-electron chi connectivity index (χ1n) is 6.99. The summed E-state index contributed by atoms with van der Waals surface area (Å²) in [5.74, 6) is -0.0347. The van der Waals surface area contributed by atoms with Gasteiger partial charge < -0.3 is 15.7 Å². The lowest BCUT2D eigenvalue weighted by atomic mass is 9.80. The van der Waals surface area contributed by atoms with E-state index in [1.54, 1.807) is 0 Å². The molecule has 1 atom stereocenters. The van der Waals surface area contributed by atoms with Gasteiger partial charge in [0.2, 0.25) is 5.91 Å². The van der Waals surface area contributed by atoms with Crippen LogP contribution in [0.5, 0.6) is 0 Å². The van der Waals surface area contributed by atoms with E-state index in [1.165, 1.54) is 5.56 Å². The Labute approximate surface area is 113 Å². The molecule has 0 bridgehead atoms. The van der Waals surface area contributed by atoms with Gasteiger partial charge in [-0.1, -0.05) is 24.3 Å². The minimum absolute atomic E-state index is 0.0347. The van der Waals surface area contributed by atoms with Gasteiger partial charge in [0.05, 0.1) is 5.60 Å². The second kappa shape index (κ2) is 4.94. The van der Waals surface area contributed by atoms with Crippen LogP contribution in [0.15, 0.2) is 24.3 Å². The van der Waals surface area contributed by atoms with E-state index in [0.29, 0.717) is 6.54 Å². The van der Waals surface area contributed by atoms with Crippen LogP contribution < -0.4 is 10.6 Å². The fourth-order valence-electron chi connectivity index (χ4n) is 2.85. The standard InChI is InChI=1S/C15H20N2O2/c18-14(17-10-15(19)7-3-8-15)13-12-5-2-1-4-11(12)6-9-16-13/h1-2,4-5,13,16,19H,3,6-10H2,(H,17,18). The number of carbonyl (C=O) groups excluding carboxylic acids is 1. The molecular formula is C15H20N2O2. The molecule has 0 aromatic heterocycles. The quantitative estimate of drug-likeness (QED) is 0.757. The molecule has 1 aromatic carbocycles. The highest BCUT2D eigenvalue weighted by Crippen LogP contribution is 2.31. The zero-order chi connectivity index (χ0) is 13.3. The molecule has 0 saturated heterocycles. The predicted molar refractivity (Wildman–Crippen MR) is 72.7 cm³/mol. The molecule has 1 aromatic rings. The maximum Gasteiger partial charge on any atom is 0.241 e. The van der Waals surface area contributed by atoms with Gasteiger partial charge in [0.25, 0.3) is 0 Å². The van der Waals surface area contributed by atoms with Gasteiger partial charge in [0.1, 0.15) is 6.04 Å². The maximum absolute atomic E-state index is 12.3. The van der Waals surface area contributed by atoms with Crippen LogP contribution in [0.2, 0.25) is 0 Å². The lowest BCUT2D eigenvalue weighted by molar-refractivity contribution is -0.125. The minimum Gasteiger partial charge on any atom is -0.388 e. The molecule has 3 N–H and O–H groups in total. The predicted octanol–water partition coefficient (Wildman–Crippen LogP) is 0.905. The van der Waals surface area contributed by atoms with E-state index in [1.807, 2.05) is 18.2 Å². The molecule has 2 aliphatic rings. The van der Waals surface area contributed by atoms with E-state index in [2.05, 4.69) is 16.7 Å². The van der Waals surface area contributed by atoms with E-state index in [-0.39, 0.29) is 11.9 Å². The van der Waals surface area contributed by atoms with E-state index >= 15 is 0 Å². The van der Waals surface area contributed by atoms with Crippen molar-refractivity contribution >= 4 is 5.91 Å². The third kappa shape index (κ3) is 2.51. The number of amides is 1. The van der Waals surface area contributed by atoms with E-state index in [0.717, 1.165) is 37.8 Å². The zero-order valence-electron chi connectivity index (χ0n) is 11.0. The molecule has 1 aliphatic carbocycles. The molecular weight excluding hydrogens is 240 g/mol. The first kappa shape index (κ1) is 12.6. The maximum atomic E-state index is 12.3. The molecule has 4 heteroatoms. The summed E-state index contributed by atoms with van der Waals surface area (Å²) in [5.41, 5.74) is 1.64. The lowest BCUT2D eigenvalue weighted by Crippen LogP contribution is -2.50. The molecule has 19 heavy (non-hydrogen) atoms. The fourth-order valence-corrected chi connectivity index (χ4v) is 2.85. The molecule has 3 rings (SSSR count). The summed E-state index contributed by atoms with van der Waals surface area (Å²) in [6.45, 7) is 1.19. The van der Waals surface area contributed by atoms with Gasteiger partial charge in [-0.15, -0.1) is 0 Å². The topological polar surface area (TPSA) is 61.4 Å². The number of nitrogens with one attached hydrogen (secondary N) is 2. The van der Waals surface area contributed by atoms with Crippen molar-refractivity contribution in [3.8, 4) is 0 Å². The average molecular weight is 260 g/mol. The Morgan fingerprint density at radius 2 is 2.21 bits per heavy atom. The number of hydrogen-bond acceptors (Lipinski definition) is 3. The van der Waals surface area contributed by atoms with E-state index in [4.69, 9.17) is 0 Å². The van der Waals surface area contributed by atoms with Gasteiger partial charge in [-0.25, -0.2) is 0 Å². The molecule has 4 nitrogen and oxygen atoms in total. The van der Waals surface area contributed by atoms with Crippen LogP contribution in [0.25, 0.3) is 0 Å². The summed E-state index contributed by atoms with van der Waals surface area (Å²) in [5, 5.41) is 16.2. The number of fused-ring (bicyclic) bond motifs is 1. The number of benzene rings is 1. The van der Waals surface area contributed by atoms with Gasteiger partial charge in [-0.2, -0.15) is 0 Å². The second-order valence-corrected chi connectivity index (χ2v) is 5.63. The van der Waals surface area contributed by atoms with E-state index in [9.17, 15) is 9.90 Å². The third-order valence-electron chi connectivity index (χ3n) is 4.25. The summed E-state index contributed by atoms with van der Waals surface area (Å²) in [4.78, 5) is 12.3. The zero-order valence-corrected chi connectivity index (χ0v) is 11.0. The summed E-state index contributed by atoms with van der Waals surface area (Å²) < 4.78 is 0. The summed E-state index contributed by atoms with van der Waals surface area (Å²) in [6, 6.07) is 7.77. The van der Waals surface area contributed by atoms with Gasteiger partial charge in [-0.05, 0) is 36.8 Å². The molecule has 1 aliphatic heterocycles. The molecule has 1 heterocycles. The molecule has 0 radical (unpaired) electrons. The van der Waals surface area contributed by atoms with Gasteiger partial charge >= 0.3 is 0 Å². The third-order valence-corrected chi connectivity index (χ3v) is 4.25. The first-order valence-corrected chi connectivity index (χ1v) is 6.99. The average Bonchev–Trinajstić information content (AvgIpc) is 2.42. The highest BCUT2D eigenvalue weighted by atomic mass is 16.3. The van der Waals surface area contributed by atoms with E-state index < -0.39 is 5.60 Å². The van der Waals surface area contributed by atoms with Gasteiger partial charge in [0, 0.05) is 13.1 Å². The largest absolute Gasteiger partial charge is 0.388 e. The van der Waals surface area contributed by atoms with Crippen molar-refractivity contribution in [2.45, 2.75) is 37.3 Å². The molecule has 102 valence electrons. The van der Waals surface area contributed by atoms with Crippen molar-refractivity contribution in [2.75, 3.05) is 13.1 Å². The Hall–Kier alpha value is -1.39. The second-order valence-electron chi connectivity index (χ2n) is 5.63. The Bertz CT molecular complexity index is 483. The minimum atomic E-state index is -0.663. The van der Waals surface area contributed by atoms with Crippen molar-refractivity contribution in [1.29, 1.82) is 0 Å². The number of hydrogen-bond donors (Lipinski definition) is 3. The number of carbonyl (C=O) groups is 1. The first-order chi connectivity index (χ1) is 9.18. The highest BCUT2D eigenvalue weighted by Gasteiger charge is 2.35. The Morgan fingerprint density at radius 3 is 2.95 bits per heavy atom. The molecule has 1 fully saturated rings. The van der Waals surface area contributed by atoms with Crippen molar-refractivity contribution < 1.29 is 9.90 Å². The summed E-state index contributed by atoms with van der Waals surface area (Å²) in [6.07, 6.45) is 3.60. The monoisotopic (exact) mass is 260 g/mol. The van der Waals surface area contributed by atoms with Crippen LogP contribution in [0, 0.1) is 0 Å². The summed E-state index contributed by atoms with van der Waals surface area (Å²) >= 11 is 0. The van der Waals surface area contributed by atoms with Crippen LogP contribution in [0.3, 0.4) is 0 Å². The summed E-state index contributed by atoms with van der Waals surface area (Å²) in [7, 11) is 0. The number of aliphatic hydroxyl groups is 1. The van der Waals surface area contributed by atoms with Crippen LogP contribution in [-0.4, -0.2) is 29.7 Å². The van der Waals surface area contributed by atoms with Crippen molar-refractivity contribution in [3.63, 3.8) is 0 Å². The van der Waals surface area contributed by atoms with Crippen LogP contribution >= 0.6 is 0 Å². The SMILES string of the molecule is O=C(NCC1(O)CCC1)C1NCCc2ccccc21. The smallest absolute Gasteiger partial charge is 0.241 e. The van der Waals surface area contributed by atoms with Crippen molar-refractivity contribution in [3.05, 3.63) is 35.4 Å². The van der Waals surface area contributed by atoms with Crippen LogP contribution in [0.4, 0.5) is 0 Å². The Balaban J connectivity index is 1.67. The molecule has 1 amide bonds. The fraction of sp³-hybridized carbons (Fsp3) is 0.533. The molecule has 1 saturated carbocycles.